The Morgan fingerprint density at radius 3 is 3.19 bits per heavy atom. The summed E-state index contributed by atoms with van der Waals surface area (Å²) in [6.45, 7) is 0.666. The summed E-state index contributed by atoms with van der Waals surface area (Å²) in [5, 5.41) is 13.2. The number of H-pyrrole nitrogens is 1. The highest BCUT2D eigenvalue weighted by atomic mass is 16.2. The Kier molecular flexibility index (Phi) is 3.22. The Balaban J connectivity index is 1.68. The van der Waals surface area contributed by atoms with Crippen LogP contribution >= 0.6 is 0 Å². The zero-order valence-corrected chi connectivity index (χ0v) is 8.50. The van der Waals surface area contributed by atoms with Crippen LogP contribution < -0.4 is 5.32 Å². The Morgan fingerprint density at radius 1 is 1.56 bits per heavy atom. The summed E-state index contributed by atoms with van der Waals surface area (Å²) in [4.78, 5) is 18.4. The van der Waals surface area contributed by atoms with Crippen molar-refractivity contribution in [3.63, 3.8) is 0 Å². The smallest absolute Gasteiger partial charge is 0.241 e. The van der Waals surface area contributed by atoms with Crippen LogP contribution in [0.5, 0.6) is 0 Å². The second kappa shape index (κ2) is 5.01. The number of hydrogen-bond donors (Lipinski definition) is 2. The topological polar surface area (TPSA) is 101 Å². The van der Waals surface area contributed by atoms with Crippen molar-refractivity contribution in [1.82, 2.24) is 35.5 Å². The highest BCUT2D eigenvalue weighted by Gasteiger charge is 2.03. The first-order valence-electron chi connectivity index (χ1n) is 4.80. The molecule has 0 saturated carbocycles. The van der Waals surface area contributed by atoms with E-state index in [1.165, 1.54) is 11.0 Å². The fraction of sp³-hybridized carbons (Fsp3) is 0.375. The Bertz CT molecular complexity index is 421. The first-order valence-corrected chi connectivity index (χ1v) is 4.80. The summed E-state index contributed by atoms with van der Waals surface area (Å²) in [5.41, 5.74) is 0. The molecule has 0 aromatic carbocycles. The standard InChI is InChI=1S/C8H11N7O/c16-8(5-15-6-12-13-14-15)11-2-1-7-9-3-4-10-7/h3-4,6H,1-2,5H2,(H,9,10)(H,11,16). The van der Waals surface area contributed by atoms with E-state index in [9.17, 15) is 4.79 Å². The number of carbonyl (C=O) groups is 1. The number of aromatic amines is 1. The van der Waals surface area contributed by atoms with E-state index in [0.29, 0.717) is 13.0 Å². The van der Waals surface area contributed by atoms with E-state index in [2.05, 4.69) is 30.8 Å². The number of tetrazole rings is 1. The first kappa shape index (κ1) is 10.3. The molecule has 8 heteroatoms. The van der Waals surface area contributed by atoms with Crippen LogP contribution in [-0.2, 0) is 17.8 Å². The van der Waals surface area contributed by atoms with Gasteiger partial charge in [-0.1, -0.05) is 0 Å². The van der Waals surface area contributed by atoms with Gasteiger partial charge >= 0.3 is 0 Å². The minimum absolute atomic E-state index is 0.126. The second-order valence-electron chi connectivity index (χ2n) is 3.14. The summed E-state index contributed by atoms with van der Waals surface area (Å²) in [7, 11) is 0. The average molecular weight is 221 g/mol. The first-order chi connectivity index (χ1) is 7.84. The molecule has 0 spiro atoms. The third-order valence-corrected chi connectivity index (χ3v) is 1.94. The third kappa shape index (κ3) is 2.87. The lowest BCUT2D eigenvalue weighted by Gasteiger charge is -2.02. The van der Waals surface area contributed by atoms with Crippen LogP contribution in [-0.4, -0.2) is 42.6 Å². The number of nitrogens with zero attached hydrogens (tertiary/aromatic N) is 5. The maximum atomic E-state index is 11.4. The Labute approximate surface area is 91.1 Å². The molecule has 2 rings (SSSR count). The quantitative estimate of drug-likeness (QED) is 0.657. The molecule has 0 bridgehead atoms. The highest BCUT2D eigenvalue weighted by Crippen LogP contribution is 1.88. The van der Waals surface area contributed by atoms with Gasteiger partial charge < -0.3 is 10.3 Å². The summed E-state index contributed by atoms with van der Waals surface area (Å²) >= 11 is 0. The van der Waals surface area contributed by atoms with E-state index in [0.717, 1.165) is 5.82 Å². The Hall–Kier alpha value is -2.25. The van der Waals surface area contributed by atoms with Gasteiger partial charge in [-0.25, -0.2) is 9.67 Å². The van der Waals surface area contributed by atoms with Crippen molar-refractivity contribution in [2.45, 2.75) is 13.0 Å². The summed E-state index contributed by atoms with van der Waals surface area (Å²) in [5.74, 6) is 0.724. The molecule has 2 aromatic rings. The molecular formula is C8H11N7O. The van der Waals surface area contributed by atoms with E-state index in [1.54, 1.807) is 12.4 Å². The molecule has 0 atom stereocenters. The number of imidazole rings is 1. The van der Waals surface area contributed by atoms with Crippen LogP contribution in [0.3, 0.4) is 0 Å². The average Bonchev–Trinajstić information content (AvgIpc) is 2.90. The number of carbonyl (C=O) groups excluding carboxylic acids is 1. The van der Waals surface area contributed by atoms with Crippen molar-refractivity contribution in [3.05, 3.63) is 24.5 Å². The summed E-state index contributed by atoms with van der Waals surface area (Å²) in [6, 6.07) is 0. The lowest BCUT2D eigenvalue weighted by atomic mass is 10.4. The monoisotopic (exact) mass is 221 g/mol. The van der Waals surface area contributed by atoms with Gasteiger partial charge in [0.25, 0.3) is 0 Å². The lowest BCUT2D eigenvalue weighted by molar-refractivity contribution is -0.121. The van der Waals surface area contributed by atoms with Crippen molar-refractivity contribution in [3.8, 4) is 0 Å². The molecule has 0 saturated heterocycles. The maximum absolute atomic E-state index is 11.4. The predicted molar refractivity (Wildman–Crippen MR) is 53.1 cm³/mol. The summed E-state index contributed by atoms with van der Waals surface area (Å²) in [6.07, 6.45) is 5.50. The van der Waals surface area contributed by atoms with Crippen molar-refractivity contribution in [1.29, 1.82) is 0 Å². The van der Waals surface area contributed by atoms with E-state index < -0.39 is 0 Å². The van der Waals surface area contributed by atoms with E-state index >= 15 is 0 Å². The predicted octanol–water partition coefficient (Wildman–Crippen LogP) is -1.24. The fourth-order valence-corrected chi connectivity index (χ4v) is 1.21. The van der Waals surface area contributed by atoms with Gasteiger partial charge in [0.05, 0.1) is 0 Å². The molecule has 1 amide bonds. The van der Waals surface area contributed by atoms with Crippen molar-refractivity contribution >= 4 is 5.91 Å². The largest absolute Gasteiger partial charge is 0.354 e. The number of hydrogen-bond acceptors (Lipinski definition) is 5. The molecule has 16 heavy (non-hydrogen) atoms. The van der Waals surface area contributed by atoms with Crippen LogP contribution in [0.15, 0.2) is 18.7 Å². The molecule has 0 aliphatic carbocycles. The maximum Gasteiger partial charge on any atom is 0.241 e. The molecule has 0 aliphatic heterocycles. The molecule has 2 heterocycles. The van der Waals surface area contributed by atoms with Gasteiger partial charge in [-0.15, -0.1) is 5.10 Å². The minimum atomic E-state index is -0.126. The molecule has 8 nitrogen and oxygen atoms in total. The van der Waals surface area contributed by atoms with Crippen LogP contribution in [0.1, 0.15) is 5.82 Å². The van der Waals surface area contributed by atoms with Gasteiger partial charge in [-0.05, 0) is 10.4 Å². The molecule has 0 radical (unpaired) electrons. The van der Waals surface area contributed by atoms with E-state index in [-0.39, 0.29) is 12.5 Å². The van der Waals surface area contributed by atoms with Gasteiger partial charge in [0, 0.05) is 25.4 Å². The van der Waals surface area contributed by atoms with E-state index in [1.807, 2.05) is 0 Å². The van der Waals surface area contributed by atoms with Gasteiger partial charge in [0.2, 0.25) is 5.91 Å². The normalized spacial score (nSPS) is 10.2. The van der Waals surface area contributed by atoms with Crippen LogP contribution in [0.4, 0.5) is 0 Å². The highest BCUT2D eigenvalue weighted by molar-refractivity contribution is 5.75. The molecular weight excluding hydrogens is 210 g/mol. The van der Waals surface area contributed by atoms with E-state index in [4.69, 9.17) is 0 Å². The number of aromatic nitrogens is 6. The molecule has 84 valence electrons. The number of nitrogens with one attached hydrogen (secondary N) is 2. The van der Waals surface area contributed by atoms with Crippen LogP contribution in [0, 0.1) is 0 Å². The molecule has 2 aromatic heterocycles. The van der Waals surface area contributed by atoms with Gasteiger partial charge in [0.15, 0.2) is 0 Å². The number of rotatable bonds is 5. The number of amides is 1. The van der Waals surface area contributed by atoms with Gasteiger partial charge in [-0.2, -0.15) is 0 Å². The molecule has 2 N–H and O–H groups in total. The molecule has 0 unspecified atom stereocenters. The second-order valence-corrected chi connectivity index (χ2v) is 3.14. The minimum Gasteiger partial charge on any atom is -0.354 e. The third-order valence-electron chi connectivity index (χ3n) is 1.94. The van der Waals surface area contributed by atoms with Crippen LogP contribution in [0.25, 0.3) is 0 Å². The SMILES string of the molecule is O=C(Cn1cnnn1)NCCc1ncc[nH]1. The van der Waals surface area contributed by atoms with Crippen molar-refractivity contribution < 1.29 is 4.79 Å². The van der Waals surface area contributed by atoms with Crippen LogP contribution in [0.2, 0.25) is 0 Å². The zero-order chi connectivity index (χ0) is 11.2. The summed E-state index contributed by atoms with van der Waals surface area (Å²) < 4.78 is 1.36. The molecule has 0 fully saturated rings. The zero-order valence-electron chi connectivity index (χ0n) is 8.50. The molecule has 0 aliphatic rings. The van der Waals surface area contributed by atoms with Gasteiger partial charge in [-0.3, -0.25) is 4.79 Å². The van der Waals surface area contributed by atoms with Gasteiger partial charge in [0.1, 0.15) is 18.7 Å². The fourth-order valence-electron chi connectivity index (χ4n) is 1.21. The van der Waals surface area contributed by atoms with Crippen molar-refractivity contribution in [2.75, 3.05) is 6.54 Å². The lowest BCUT2D eigenvalue weighted by Crippen LogP contribution is -2.29. The Morgan fingerprint density at radius 2 is 2.50 bits per heavy atom. The van der Waals surface area contributed by atoms with Crippen molar-refractivity contribution in [2.24, 2.45) is 0 Å².